The molecule has 0 amide bonds. The van der Waals surface area contributed by atoms with Gasteiger partial charge in [0.1, 0.15) is 0 Å². The van der Waals surface area contributed by atoms with E-state index in [0.717, 1.165) is 5.69 Å². The molecule has 1 atom stereocenters. The van der Waals surface area contributed by atoms with Crippen LogP contribution in [-0.4, -0.2) is 18.7 Å². The summed E-state index contributed by atoms with van der Waals surface area (Å²) in [6.45, 7) is 1.79. The van der Waals surface area contributed by atoms with E-state index in [1.54, 1.807) is 13.1 Å². The fourth-order valence-electron chi connectivity index (χ4n) is 0.711. The minimum Gasteiger partial charge on any atom is -0.306 e. The van der Waals surface area contributed by atoms with Crippen LogP contribution in [0, 0.1) is 6.92 Å². The highest BCUT2D eigenvalue weighted by Crippen LogP contribution is 1.97. The molecule has 0 aliphatic carbocycles. The van der Waals surface area contributed by atoms with Gasteiger partial charge in [0.25, 0.3) is 0 Å². The quantitative estimate of drug-likeness (QED) is 0.660. The Morgan fingerprint density at radius 1 is 1.64 bits per heavy atom. The molecule has 0 fully saturated rings. The highest BCUT2D eigenvalue weighted by molar-refractivity contribution is 7.78. The number of nitrogens with zero attached hydrogens (tertiary/aromatic N) is 2. The van der Waals surface area contributed by atoms with E-state index in [1.807, 2.05) is 0 Å². The van der Waals surface area contributed by atoms with Crippen molar-refractivity contribution in [3.63, 3.8) is 0 Å². The average Bonchev–Trinajstić information content (AvgIpc) is 1.85. The molecule has 60 valence electrons. The molecular weight excluding hydrogens is 164 g/mol. The Morgan fingerprint density at radius 2 is 2.36 bits per heavy atom. The van der Waals surface area contributed by atoms with Gasteiger partial charge in [-0.05, 0) is 6.92 Å². The van der Waals surface area contributed by atoms with Gasteiger partial charge in [-0.1, -0.05) is 0 Å². The van der Waals surface area contributed by atoms with Crippen LogP contribution in [0.1, 0.15) is 11.4 Å². The summed E-state index contributed by atoms with van der Waals surface area (Å²) in [4.78, 5) is 7.83. The van der Waals surface area contributed by atoms with Gasteiger partial charge in [-0.15, -0.1) is 0 Å². The Morgan fingerprint density at radius 3 is 2.91 bits per heavy atom. The fourth-order valence-corrected chi connectivity index (χ4v) is 1.10. The molecule has 0 bridgehead atoms. The van der Waals surface area contributed by atoms with Crippen LogP contribution in [0.4, 0.5) is 0 Å². The van der Waals surface area contributed by atoms with Crippen LogP contribution in [0.2, 0.25) is 0 Å². The monoisotopic (exact) mass is 172 g/mol. The van der Waals surface area contributed by atoms with Crippen molar-refractivity contribution < 1.29 is 8.76 Å². The molecule has 0 radical (unpaired) electrons. The average molecular weight is 172 g/mol. The first-order valence-electron chi connectivity index (χ1n) is 3.03. The summed E-state index contributed by atoms with van der Waals surface area (Å²) < 4.78 is 18.8. The molecule has 5 heteroatoms. The molecule has 0 aromatic carbocycles. The van der Waals surface area contributed by atoms with Crippen molar-refractivity contribution in [2.45, 2.75) is 12.7 Å². The van der Waals surface area contributed by atoms with Crippen molar-refractivity contribution in [3.8, 4) is 0 Å². The molecule has 1 rings (SSSR count). The van der Waals surface area contributed by atoms with E-state index >= 15 is 0 Å². The van der Waals surface area contributed by atoms with Crippen molar-refractivity contribution in [2.75, 3.05) is 0 Å². The summed E-state index contributed by atoms with van der Waals surface area (Å²) in [5.74, 6) is 0.0503. The number of aryl methyl sites for hydroxylation is 1. The molecule has 4 nitrogen and oxygen atoms in total. The largest absolute Gasteiger partial charge is 0.306 e. The predicted octanol–water partition coefficient (Wildman–Crippen LogP) is 0.507. The first-order valence-corrected chi connectivity index (χ1v) is 4.31. The third-order valence-corrected chi connectivity index (χ3v) is 1.62. The smallest absolute Gasteiger partial charge is 0.159 e. The molecule has 1 aromatic rings. The van der Waals surface area contributed by atoms with Gasteiger partial charge >= 0.3 is 0 Å². The number of hydrogen-bond donors (Lipinski definition) is 1. The van der Waals surface area contributed by atoms with Crippen LogP contribution in [0.5, 0.6) is 0 Å². The zero-order chi connectivity index (χ0) is 8.27. The Balaban J connectivity index is 2.79. The third kappa shape index (κ3) is 2.73. The maximum Gasteiger partial charge on any atom is 0.159 e. The summed E-state index contributed by atoms with van der Waals surface area (Å²) in [6, 6.07) is 0. The summed E-state index contributed by atoms with van der Waals surface area (Å²) in [6.07, 6.45) is 3.09. The second kappa shape index (κ2) is 3.54. The molecule has 1 N–H and O–H groups in total. The van der Waals surface area contributed by atoms with Crippen molar-refractivity contribution in [3.05, 3.63) is 23.8 Å². The zero-order valence-corrected chi connectivity index (χ0v) is 6.84. The van der Waals surface area contributed by atoms with Crippen molar-refractivity contribution in [2.24, 2.45) is 0 Å². The summed E-state index contributed by atoms with van der Waals surface area (Å²) in [5.41, 5.74) is 1.30. The Bertz CT molecular complexity index is 277. The molecule has 0 saturated carbocycles. The van der Waals surface area contributed by atoms with E-state index in [1.165, 1.54) is 6.20 Å². The molecule has 0 aliphatic rings. The maximum absolute atomic E-state index is 10.3. The molecule has 11 heavy (non-hydrogen) atoms. The van der Waals surface area contributed by atoms with Crippen LogP contribution >= 0.6 is 0 Å². The first kappa shape index (κ1) is 8.29. The van der Waals surface area contributed by atoms with Crippen molar-refractivity contribution in [1.29, 1.82) is 0 Å². The van der Waals surface area contributed by atoms with Gasteiger partial charge in [-0.25, -0.2) is 4.21 Å². The van der Waals surface area contributed by atoms with E-state index in [0.29, 0.717) is 5.69 Å². The molecule has 0 spiro atoms. The maximum atomic E-state index is 10.3. The van der Waals surface area contributed by atoms with Gasteiger partial charge in [-0.3, -0.25) is 9.97 Å². The summed E-state index contributed by atoms with van der Waals surface area (Å²) in [5, 5.41) is 0. The Hall–Kier alpha value is -0.810. The lowest BCUT2D eigenvalue weighted by atomic mass is 10.4. The highest BCUT2D eigenvalue weighted by atomic mass is 32.2. The van der Waals surface area contributed by atoms with Gasteiger partial charge in [-0.2, -0.15) is 0 Å². The second-order valence-electron chi connectivity index (χ2n) is 2.12. The van der Waals surface area contributed by atoms with E-state index in [4.69, 9.17) is 4.55 Å². The van der Waals surface area contributed by atoms with Gasteiger partial charge in [0.2, 0.25) is 0 Å². The van der Waals surface area contributed by atoms with Gasteiger partial charge in [0, 0.05) is 12.4 Å². The molecule has 1 heterocycles. The predicted molar refractivity (Wildman–Crippen MR) is 41.2 cm³/mol. The van der Waals surface area contributed by atoms with Gasteiger partial charge in [0.15, 0.2) is 11.1 Å². The van der Waals surface area contributed by atoms with E-state index in [9.17, 15) is 4.21 Å². The number of hydrogen-bond acceptors (Lipinski definition) is 3. The molecule has 0 aliphatic heterocycles. The van der Waals surface area contributed by atoms with Gasteiger partial charge < -0.3 is 4.55 Å². The minimum absolute atomic E-state index is 0.0503. The lowest BCUT2D eigenvalue weighted by Crippen LogP contribution is -1.98. The van der Waals surface area contributed by atoms with Crippen LogP contribution < -0.4 is 0 Å². The Labute approximate surface area is 67.0 Å². The van der Waals surface area contributed by atoms with E-state index < -0.39 is 11.1 Å². The van der Waals surface area contributed by atoms with Crippen LogP contribution in [0.15, 0.2) is 12.4 Å². The van der Waals surface area contributed by atoms with Crippen molar-refractivity contribution in [1.82, 2.24) is 9.97 Å². The summed E-state index contributed by atoms with van der Waals surface area (Å²) >= 11 is -1.83. The minimum atomic E-state index is -1.83. The van der Waals surface area contributed by atoms with Crippen molar-refractivity contribution >= 4 is 11.1 Å². The molecule has 0 saturated heterocycles. The second-order valence-corrected chi connectivity index (χ2v) is 3.05. The lowest BCUT2D eigenvalue weighted by Gasteiger charge is -1.95. The normalized spacial score (nSPS) is 12.9. The van der Waals surface area contributed by atoms with E-state index in [2.05, 4.69) is 9.97 Å². The SMILES string of the molecule is Cc1cncc(CS(=O)O)n1. The number of aromatic nitrogens is 2. The molecular formula is C6H8N2O2S. The van der Waals surface area contributed by atoms with Gasteiger partial charge in [0.05, 0.1) is 17.1 Å². The lowest BCUT2D eigenvalue weighted by molar-refractivity contribution is 0.562. The van der Waals surface area contributed by atoms with Crippen LogP contribution in [0.3, 0.4) is 0 Å². The standard InChI is InChI=1S/C6H8N2O2S/c1-5-2-7-3-6(8-5)4-11(9)10/h2-3H,4H2,1H3,(H,9,10). The van der Waals surface area contributed by atoms with Crippen LogP contribution in [0.25, 0.3) is 0 Å². The molecule has 1 unspecified atom stereocenters. The van der Waals surface area contributed by atoms with E-state index in [-0.39, 0.29) is 5.75 Å². The third-order valence-electron chi connectivity index (χ3n) is 1.08. The first-order chi connectivity index (χ1) is 5.18. The zero-order valence-electron chi connectivity index (χ0n) is 6.02. The Kier molecular flexibility index (Phi) is 2.67. The number of rotatable bonds is 2. The molecule has 1 aromatic heterocycles. The topological polar surface area (TPSA) is 63.1 Å². The van der Waals surface area contributed by atoms with Crippen LogP contribution in [-0.2, 0) is 16.8 Å². The fraction of sp³-hybridized carbons (Fsp3) is 0.333. The summed E-state index contributed by atoms with van der Waals surface area (Å²) in [7, 11) is 0. The highest BCUT2D eigenvalue weighted by Gasteiger charge is 1.98.